The van der Waals surface area contributed by atoms with Gasteiger partial charge in [0.25, 0.3) is 5.56 Å². The zero-order valence-electron chi connectivity index (χ0n) is 13.4. The number of hydrogen-bond acceptors (Lipinski definition) is 5. The predicted molar refractivity (Wildman–Crippen MR) is 86.3 cm³/mol. The number of thiazole rings is 1. The van der Waals surface area contributed by atoms with E-state index in [1.807, 2.05) is 6.92 Å². The van der Waals surface area contributed by atoms with Crippen LogP contribution in [0.1, 0.15) is 24.4 Å². The first-order valence-corrected chi connectivity index (χ1v) is 8.17. The first-order chi connectivity index (χ1) is 10.8. The maximum atomic E-state index is 12.5. The van der Waals surface area contributed by atoms with Crippen LogP contribution in [0.2, 0.25) is 0 Å². The van der Waals surface area contributed by atoms with E-state index in [9.17, 15) is 14.4 Å². The van der Waals surface area contributed by atoms with Crippen LogP contribution in [-0.2, 0) is 16.1 Å². The summed E-state index contributed by atoms with van der Waals surface area (Å²) in [6.45, 7) is 5.47. The van der Waals surface area contributed by atoms with E-state index in [4.69, 9.17) is 0 Å². The lowest BCUT2D eigenvalue weighted by molar-refractivity contribution is -0.159. The van der Waals surface area contributed by atoms with Crippen molar-refractivity contribution >= 4 is 28.1 Å². The number of rotatable bonds is 2. The van der Waals surface area contributed by atoms with Crippen molar-refractivity contribution in [2.45, 2.75) is 39.4 Å². The molecular weight excluding hydrogens is 316 g/mol. The number of carbonyl (C=O) groups is 2. The Morgan fingerprint density at radius 3 is 2.57 bits per heavy atom. The average Bonchev–Trinajstić information content (AvgIpc) is 2.88. The van der Waals surface area contributed by atoms with Crippen LogP contribution in [0.15, 0.2) is 17.1 Å². The van der Waals surface area contributed by atoms with Crippen molar-refractivity contribution in [1.29, 1.82) is 0 Å². The highest BCUT2D eigenvalue weighted by molar-refractivity contribution is 7.16. The summed E-state index contributed by atoms with van der Waals surface area (Å²) < 4.78 is 1.49. The van der Waals surface area contributed by atoms with Crippen molar-refractivity contribution in [3.8, 4) is 0 Å². The molecule has 8 heteroatoms. The summed E-state index contributed by atoms with van der Waals surface area (Å²) in [5.74, 6) is -0.245. The molecule has 1 aliphatic rings. The second kappa shape index (κ2) is 5.45. The summed E-state index contributed by atoms with van der Waals surface area (Å²) in [6, 6.07) is 0.355. The van der Waals surface area contributed by atoms with E-state index in [1.54, 1.807) is 27.1 Å². The van der Waals surface area contributed by atoms with E-state index in [0.29, 0.717) is 10.7 Å². The Morgan fingerprint density at radius 1 is 1.17 bits per heavy atom. The minimum Gasteiger partial charge on any atom is -0.332 e. The number of nitrogens with zero attached hydrogens (tertiary/aromatic N) is 4. The average molecular weight is 334 g/mol. The molecule has 23 heavy (non-hydrogen) atoms. The quantitative estimate of drug-likeness (QED) is 0.808. The molecule has 0 aliphatic carbocycles. The SMILES string of the molecule is Cc1cn2c(=O)cc(CN3C(=O)[C@H](C)N(C)C(=O)[C@@H]3C)nc2s1. The van der Waals surface area contributed by atoms with Crippen molar-refractivity contribution in [3.63, 3.8) is 0 Å². The fourth-order valence-corrected chi connectivity index (χ4v) is 3.59. The zero-order chi connectivity index (χ0) is 16.9. The monoisotopic (exact) mass is 334 g/mol. The van der Waals surface area contributed by atoms with Gasteiger partial charge in [0.15, 0.2) is 4.96 Å². The molecule has 0 bridgehead atoms. The fourth-order valence-electron chi connectivity index (χ4n) is 2.74. The molecule has 0 aromatic carbocycles. The number of amides is 2. The van der Waals surface area contributed by atoms with Crippen LogP contribution < -0.4 is 5.56 Å². The Hall–Kier alpha value is -2.22. The molecule has 2 atom stereocenters. The predicted octanol–water partition coefficient (Wildman–Crippen LogP) is 0.642. The molecule has 0 saturated carbocycles. The van der Waals surface area contributed by atoms with E-state index in [1.165, 1.54) is 31.6 Å². The smallest absolute Gasteiger partial charge is 0.258 e. The molecule has 1 fully saturated rings. The standard InChI is InChI=1S/C15H18N4O3S/c1-8-6-19-12(20)5-11(16-15(19)23-8)7-18-10(3)13(21)17(4)9(2)14(18)22/h5-6,9-10H,7H2,1-4H3/t9-,10-/m0/s1. The second-order valence-electron chi connectivity index (χ2n) is 5.85. The summed E-state index contributed by atoms with van der Waals surface area (Å²) in [4.78, 5) is 45.8. The lowest BCUT2D eigenvalue weighted by Gasteiger charge is -2.40. The van der Waals surface area contributed by atoms with Crippen molar-refractivity contribution in [3.05, 3.63) is 33.2 Å². The maximum Gasteiger partial charge on any atom is 0.258 e. The minimum atomic E-state index is -0.561. The Morgan fingerprint density at radius 2 is 1.87 bits per heavy atom. The third-order valence-corrected chi connectivity index (χ3v) is 5.16. The van der Waals surface area contributed by atoms with Gasteiger partial charge in [-0.2, -0.15) is 0 Å². The Balaban J connectivity index is 1.96. The van der Waals surface area contributed by atoms with E-state index >= 15 is 0 Å². The van der Waals surface area contributed by atoms with E-state index in [0.717, 1.165) is 4.88 Å². The van der Waals surface area contributed by atoms with E-state index in [-0.39, 0.29) is 23.9 Å². The second-order valence-corrected chi connectivity index (χ2v) is 7.06. The van der Waals surface area contributed by atoms with Crippen LogP contribution in [0.5, 0.6) is 0 Å². The van der Waals surface area contributed by atoms with Crippen LogP contribution in [0, 0.1) is 6.92 Å². The summed E-state index contributed by atoms with van der Waals surface area (Å²) in [5, 5.41) is 0. The highest BCUT2D eigenvalue weighted by atomic mass is 32.1. The van der Waals surface area contributed by atoms with Crippen LogP contribution in [0.3, 0.4) is 0 Å². The molecule has 0 unspecified atom stereocenters. The summed E-state index contributed by atoms with van der Waals surface area (Å²) >= 11 is 1.42. The molecule has 1 saturated heterocycles. The molecule has 0 radical (unpaired) electrons. The van der Waals surface area contributed by atoms with E-state index in [2.05, 4.69) is 4.98 Å². The highest BCUT2D eigenvalue weighted by Gasteiger charge is 2.39. The lowest BCUT2D eigenvalue weighted by Crippen LogP contribution is -2.61. The lowest BCUT2D eigenvalue weighted by atomic mass is 10.1. The minimum absolute atomic E-state index is 0.109. The molecule has 3 heterocycles. The molecule has 2 aromatic heterocycles. The molecule has 122 valence electrons. The van der Waals surface area contributed by atoms with Crippen molar-refractivity contribution in [2.24, 2.45) is 0 Å². The number of fused-ring (bicyclic) bond motifs is 1. The topological polar surface area (TPSA) is 75.0 Å². The normalized spacial score (nSPS) is 22.3. The zero-order valence-corrected chi connectivity index (χ0v) is 14.3. The van der Waals surface area contributed by atoms with Gasteiger partial charge in [-0.1, -0.05) is 0 Å². The van der Waals surface area contributed by atoms with Crippen molar-refractivity contribution in [2.75, 3.05) is 7.05 Å². The number of likely N-dealkylation sites (N-methyl/N-ethyl adjacent to an activating group) is 1. The fraction of sp³-hybridized carbons (Fsp3) is 0.467. The van der Waals surface area contributed by atoms with Gasteiger partial charge < -0.3 is 9.80 Å². The Bertz CT molecular complexity index is 856. The first kappa shape index (κ1) is 15.7. The van der Waals surface area contributed by atoms with Crippen molar-refractivity contribution < 1.29 is 9.59 Å². The van der Waals surface area contributed by atoms with Crippen LogP contribution in [0.25, 0.3) is 4.96 Å². The van der Waals surface area contributed by atoms with Gasteiger partial charge in [-0.05, 0) is 20.8 Å². The third-order valence-electron chi connectivity index (χ3n) is 4.26. The maximum absolute atomic E-state index is 12.5. The Kier molecular flexibility index (Phi) is 3.71. The summed E-state index contributed by atoms with van der Waals surface area (Å²) in [6.07, 6.45) is 1.74. The molecule has 1 aliphatic heterocycles. The number of carbonyl (C=O) groups excluding carboxylic acids is 2. The largest absolute Gasteiger partial charge is 0.332 e. The van der Waals surface area contributed by atoms with Gasteiger partial charge in [0.05, 0.1) is 12.2 Å². The van der Waals surface area contributed by atoms with Gasteiger partial charge in [-0.3, -0.25) is 18.8 Å². The van der Waals surface area contributed by atoms with Crippen molar-refractivity contribution in [1.82, 2.24) is 19.2 Å². The summed E-state index contributed by atoms with van der Waals surface area (Å²) in [5.41, 5.74) is 0.324. The van der Waals surface area contributed by atoms with Gasteiger partial charge in [0.1, 0.15) is 12.1 Å². The highest BCUT2D eigenvalue weighted by Crippen LogP contribution is 2.19. The molecule has 2 aromatic rings. The molecule has 0 spiro atoms. The third kappa shape index (κ3) is 2.52. The molecule has 0 N–H and O–H groups in total. The molecule has 3 rings (SSSR count). The number of aromatic nitrogens is 2. The van der Waals surface area contributed by atoms with Gasteiger partial charge in [-0.25, -0.2) is 4.98 Å². The first-order valence-electron chi connectivity index (χ1n) is 7.35. The van der Waals surface area contributed by atoms with Crippen LogP contribution in [-0.4, -0.2) is 50.1 Å². The summed E-state index contributed by atoms with van der Waals surface area (Å²) in [7, 11) is 1.63. The van der Waals surface area contributed by atoms with Crippen LogP contribution >= 0.6 is 11.3 Å². The van der Waals surface area contributed by atoms with Gasteiger partial charge in [-0.15, -0.1) is 11.3 Å². The van der Waals surface area contributed by atoms with E-state index < -0.39 is 12.1 Å². The molecule has 2 amide bonds. The van der Waals surface area contributed by atoms with Gasteiger partial charge in [0, 0.05) is 24.2 Å². The van der Waals surface area contributed by atoms with Crippen LogP contribution in [0.4, 0.5) is 0 Å². The molecule has 7 nitrogen and oxygen atoms in total. The van der Waals surface area contributed by atoms with Gasteiger partial charge in [0.2, 0.25) is 11.8 Å². The molecular formula is C15H18N4O3S. The number of aryl methyl sites for hydroxylation is 1. The Labute approximate surface area is 137 Å². The number of piperazine rings is 1. The van der Waals surface area contributed by atoms with Gasteiger partial charge >= 0.3 is 0 Å². The number of hydrogen-bond donors (Lipinski definition) is 0.